The summed E-state index contributed by atoms with van der Waals surface area (Å²) < 4.78 is 0. The fourth-order valence-corrected chi connectivity index (χ4v) is 5.94. The third kappa shape index (κ3) is 6.22. The van der Waals surface area contributed by atoms with Crippen LogP contribution in [-0.4, -0.2) is 43.2 Å². The van der Waals surface area contributed by atoms with Gasteiger partial charge in [-0.05, 0) is 80.5 Å². The molecule has 0 unspecified atom stereocenters. The molecular formula is C32H41N5. The van der Waals surface area contributed by atoms with E-state index < -0.39 is 0 Å². The first-order valence-electron chi connectivity index (χ1n) is 14.0. The molecule has 1 aromatic heterocycles. The second kappa shape index (κ2) is 12.4. The van der Waals surface area contributed by atoms with E-state index in [9.17, 15) is 0 Å². The molecule has 0 aliphatic heterocycles. The zero-order valence-electron chi connectivity index (χ0n) is 22.4. The fraction of sp³-hybridized carbons (Fsp3) is 0.438. The maximum absolute atomic E-state index is 5.00. The first-order valence-corrected chi connectivity index (χ1v) is 14.0. The number of benzene rings is 2. The highest BCUT2D eigenvalue weighted by molar-refractivity contribution is 5.79. The van der Waals surface area contributed by atoms with Gasteiger partial charge in [-0.15, -0.1) is 0 Å². The molecule has 2 aliphatic carbocycles. The molecule has 2 aliphatic rings. The minimum absolute atomic E-state index is 0.519. The highest BCUT2D eigenvalue weighted by atomic mass is 15.3. The van der Waals surface area contributed by atoms with Gasteiger partial charge in [0.1, 0.15) is 5.82 Å². The van der Waals surface area contributed by atoms with Crippen LogP contribution in [0, 0.1) is 5.92 Å². The van der Waals surface area contributed by atoms with Gasteiger partial charge in [0.15, 0.2) is 0 Å². The van der Waals surface area contributed by atoms with Crippen LogP contribution in [0.25, 0.3) is 5.57 Å². The summed E-state index contributed by atoms with van der Waals surface area (Å²) in [4.78, 5) is 12.3. The van der Waals surface area contributed by atoms with E-state index in [0.29, 0.717) is 6.04 Å². The summed E-state index contributed by atoms with van der Waals surface area (Å²) >= 11 is 0. The molecule has 37 heavy (non-hydrogen) atoms. The largest absolute Gasteiger partial charge is 0.373 e. The topological polar surface area (TPSA) is 53.1 Å². The number of rotatable bonds is 9. The fourth-order valence-electron chi connectivity index (χ4n) is 5.94. The Bertz CT molecular complexity index is 1110. The van der Waals surface area contributed by atoms with Crippen molar-refractivity contribution >= 4 is 17.3 Å². The standard InChI is InChI=1S/C32H41N5/c1-33-31-29-15-9-10-16-30(29)35-32(36-31)37(2)27-19-17-24(18-20-27)23-34-22-21-28(25-11-5-3-6-12-25)26-13-7-4-8-14-26/h3-8,11-14,21,24,27,34H,9-10,15-20,22-23H2,1-2H3,(H,33,35,36)/t24-,27+. The Hall–Kier alpha value is -3.18. The maximum atomic E-state index is 5.00. The van der Waals surface area contributed by atoms with Gasteiger partial charge in [-0.25, -0.2) is 4.98 Å². The monoisotopic (exact) mass is 495 g/mol. The molecule has 0 amide bonds. The first kappa shape index (κ1) is 25.5. The Balaban J connectivity index is 1.14. The molecule has 1 fully saturated rings. The van der Waals surface area contributed by atoms with E-state index in [1.165, 1.54) is 66.5 Å². The number of hydrogen-bond acceptors (Lipinski definition) is 5. The van der Waals surface area contributed by atoms with Crippen molar-refractivity contribution in [3.63, 3.8) is 0 Å². The van der Waals surface area contributed by atoms with Crippen molar-refractivity contribution in [3.05, 3.63) is 89.1 Å². The summed E-state index contributed by atoms with van der Waals surface area (Å²) in [6.07, 6.45) is 11.9. The lowest BCUT2D eigenvalue weighted by Gasteiger charge is -2.35. The van der Waals surface area contributed by atoms with Crippen LogP contribution in [-0.2, 0) is 12.8 Å². The Morgan fingerprint density at radius 3 is 2.19 bits per heavy atom. The number of nitrogens with one attached hydrogen (secondary N) is 2. The zero-order valence-corrected chi connectivity index (χ0v) is 22.4. The second-order valence-electron chi connectivity index (χ2n) is 10.5. The van der Waals surface area contributed by atoms with Crippen molar-refractivity contribution in [2.45, 2.75) is 57.4 Å². The molecule has 3 aromatic rings. The molecule has 2 N–H and O–H groups in total. The van der Waals surface area contributed by atoms with Crippen LogP contribution >= 0.6 is 0 Å². The third-order valence-corrected chi connectivity index (χ3v) is 8.14. The summed E-state index contributed by atoms with van der Waals surface area (Å²) in [5.74, 6) is 2.65. The van der Waals surface area contributed by atoms with Crippen molar-refractivity contribution < 1.29 is 0 Å². The molecule has 0 bridgehead atoms. The van der Waals surface area contributed by atoms with Crippen LogP contribution in [0.2, 0.25) is 0 Å². The van der Waals surface area contributed by atoms with E-state index in [2.05, 4.69) is 89.3 Å². The highest BCUT2D eigenvalue weighted by Gasteiger charge is 2.27. The maximum Gasteiger partial charge on any atom is 0.227 e. The van der Waals surface area contributed by atoms with E-state index in [4.69, 9.17) is 9.97 Å². The lowest BCUT2D eigenvalue weighted by atomic mass is 9.85. The average molecular weight is 496 g/mol. The van der Waals surface area contributed by atoms with Gasteiger partial charge in [-0.1, -0.05) is 66.7 Å². The Morgan fingerprint density at radius 1 is 0.892 bits per heavy atom. The van der Waals surface area contributed by atoms with Crippen molar-refractivity contribution in [1.82, 2.24) is 15.3 Å². The van der Waals surface area contributed by atoms with Crippen molar-refractivity contribution in [1.29, 1.82) is 0 Å². The lowest BCUT2D eigenvalue weighted by molar-refractivity contribution is 0.311. The van der Waals surface area contributed by atoms with Gasteiger partial charge in [0.25, 0.3) is 0 Å². The number of aryl methyl sites for hydroxylation is 1. The first-order chi connectivity index (χ1) is 18.2. The number of fused-ring (bicyclic) bond motifs is 1. The van der Waals surface area contributed by atoms with E-state index in [-0.39, 0.29) is 0 Å². The second-order valence-corrected chi connectivity index (χ2v) is 10.5. The van der Waals surface area contributed by atoms with Crippen molar-refractivity contribution in [2.24, 2.45) is 5.92 Å². The predicted octanol–water partition coefficient (Wildman–Crippen LogP) is 6.11. The van der Waals surface area contributed by atoms with E-state index in [1.54, 1.807) is 0 Å². The molecule has 1 saturated carbocycles. The Kier molecular flexibility index (Phi) is 8.52. The van der Waals surface area contributed by atoms with Crippen LogP contribution in [0.4, 0.5) is 11.8 Å². The molecule has 194 valence electrons. The van der Waals surface area contributed by atoms with Crippen LogP contribution < -0.4 is 15.5 Å². The van der Waals surface area contributed by atoms with Crippen LogP contribution in [0.3, 0.4) is 0 Å². The van der Waals surface area contributed by atoms with Gasteiger partial charge >= 0.3 is 0 Å². The van der Waals surface area contributed by atoms with E-state index in [0.717, 1.165) is 43.6 Å². The van der Waals surface area contributed by atoms with Crippen molar-refractivity contribution in [2.75, 3.05) is 37.4 Å². The van der Waals surface area contributed by atoms with Gasteiger partial charge < -0.3 is 15.5 Å². The SMILES string of the molecule is CNc1nc(N(C)[C@H]2CC[C@@H](CNCC=C(c3ccccc3)c3ccccc3)CC2)nc2c1CCCC2. The van der Waals surface area contributed by atoms with Crippen LogP contribution in [0.15, 0.2) is 66.7 Å². The lowest BCUT2D eigenvalue weighted by Crippen LogP contribution is -2.38. The average Bonchev–Trinajstić information content (AvgIpc) is 2.97. The van der Waals surface area contributed by atoms with E-state index >= 15 is 0 Å². The minimum atomic E-state index is 0.519. The number of nitrogens with zero attached hydrogens (tertiary/aromatic N) is 3. The van der Waals surface area contributed by atoms with Gasteiger partial charge in [-0.2, -0.15) is 4.98 Å². The van der Waals surface area contributed by atoms with Crippen molar-refractivity contribution in [3.8, 4) is 0 Å². The molecule has 0 radical (unpaired) electrons. The minimum Gasteiger partial charge on any atom is -0.373 e. The molecule has 0 atom stereocenters. The summed E-state index contributed by atoms with van der Waals surface area (Å²) in [5.41, 5.74) is 6.42. The normalized spacial score (nSPS) is 19.1. The number of aromatic nitrogens is 2. The zero-order chi connectivity index (χ0) is 25.5. The quantitative estimate of drug-likeness (QED) is 0.351. The molecule has 2 aromatic carbocycles. The van der Waals surface area contributed by atoms with Gasteiger partial charge in [-0.3, -0.25) is 0 Å². The third-order valence-electron chi connectivity index (χ3n) is 8.14. The predicted molar refractivity (Wildman–Crippen MR) is 155 cm³/mol. The van der Waals surface area contributed by atoms with Gasteiger partial charge in [0, 0.05) is 32.2 Å². The Labute approximate surface area is 222 Å². The van der Waals surface area contributed by atoms with Crippen LogP contribution in [0.5, 0.6) is 0 Å². The molecule has 5 heteroatoms. The number of anilines is 2. The Morgan fingerprint density at radius 2 is 1.54 bits per heavy atom. The summed E-state index contributed by atoms with van der Waals surface area (Å²) in [5, 5.41) is 7.05. The van der Waals surface area contributed by atoms with Crippen LogP contribution in [0.1, 0.15) is 60.9 Å². The van der Waals surface area contributed by atoms with Gasteiger partial charge in [0.2, 0.25) is 5.95 Å². The summed E-state index contributed by atoms with van der Waals surface area (Å²) in [7, 11) is 4.17. The highest BCUT2D eigenvalue weighted by Crippen LogP contribution is 2.31. The summed E-state index contributed by atoms with van der Waals surface area (Å²) in [6, 6.07) is 21.9. The molecule has 0 saturated heterocycles. The summed E-state index contributed by atoms with van der Waals surface area (Å²) in [6.45, 7) is 1.96. The van der Waals surface area contributed by atoms with E-state index in [1.807, 2.05) is 7.05 Å². The molecule has 5 nitrogen and oxygen atoms in total. The van der Waals surface area contributed by atoms with Gasteiger partial charge in [0.05, 0.1) is 5.69 Å². The number of hydrogen-bond donors (Lipinski definition) is 2. The molecular weight excluding hydrogens is 454 g/mol. The molecule has 0 spiro atoms. The molecule has 1 heterocycles. The molecule has 5 rings (SSSR count). The smallest absolute Gasteiger partial charge is 0.227 e.